The van der Waals surface area contributed by atoms with E-state index < -0.39 is 6.04 Å². The van der Waals surface area contributed by atoms with E-state index in [2.05, 4.69) is 21.2 Å². The molecule has 1 aliphatic rings. The first kappa shape index (κ1) is 26.7. The molecule has 0 saturated heterocycles. The Bertz CT molecular complexity index is 1200. The minimum atomic E-state index is -0.635. The van der Waals surface area contributed by atoms with Gasteiger partial charge in [0.1, 0.15) is 6.04 Å². The lowest BCUT2D eigenvalue weighted by molar-refractivity contribution is -0.141. The third-order valence-corrected chi connectivity index (χ3v) is 7.13. The summed E-state index contributed by atoms with van der Waals surface area (Å²) in [5, 5.41) is 3.11. The Balaban J connectivity index is 1.59. The van der Waals surface area contributed by atoms with Gasteiger partial charge in [0.25, 0.3) is 0 Å². The molecule has 6 nitrogen and oxygen atoms in total. The van der Waals surface area contributed by atoms with Crippen molar-refractivity contribution in [3.63, 3.8) is 0 Å². The van der Waals surface area contributed by atoms with Gasteiger partial charge in [0.2, 0.25) is 18.6 Å². The van der Waals surface area contributed by atoms with Gasteiger partial charge in [0.15, 0.2) is 11.5 Å². The molecule has 1 N–H and O–H groups in total. The molecule has 1 heterocycles. The predicted molar refractivity (Wildman–Crippen MR) is 147 cm³/mol. The number of fused-ring (bicyclic) bond motifs is 1. The summed E-state index contributed by atoms with van der Waals surface area (Å²) in [4.78, 5) is 29.1. The summed E-state index contributed by atoms with van der Waals surface area (Å²) in [5.41, 5.74) is 2.97. The molecule has 2 unspecified atom stereocenters. The van der Waals surface area contributed by atoms with Crippen molar-refractivity contribution < 1.29 is 19.1 Å². The molecule has 0 bridgehead atoms. The molecule has 194 valence electrons. The molecule has 0 radical (unpaired) electrons. The van der Waals surface area contributed by atoms with Crippen LogP contribution in [0.3, 0.4) is 0 Å². The lowest BCUT2D eigenvalue weighted by atomic mass is 10.0. The number of amides is 2. The number of rotatable bonds is 11. The Labute approximate surface area is 227 Å². The first-order valence-electron chi connectivity index (χ1n) is 12.7. The van der Waals surface area contributed by atoms with Gasteiger partial charge in [-0.1, -0.05) is 71.4 Å². The topological polar surface area (TPSA) is 67.9 Å². The minimum Gasteiger partial charge on any atom is -0.454 e. The van der Waals surface area contributed by atoms with Gasteiger partial charge in [0.05, 0.1) is 0 Å². The highest BCUT2D eigenvalue weighted by Gasteiger charge is 2.31. The third-order valence-electron chi connectivity index (χ3n) is 6.60. The monoisotopic (exact) mass is 564 g/mol. The molecule has 0 aliphatic carbocycles. The van der Waals surface area contributed by atoms with Crippen LogP contribution in [0.4, 0.5) is 0 Å². The molecule has 0 fully saturated rings. The first-order valence-corrected chi connectivity index (χ1v) is 13.5. The maximum atomic E-state index is 13.8. The van der Waals surface area contributed by atoms with Gasteiger partial charge < -0.3 is 19.7 Å². The van der Waals surface area contributed by atoms with Crippen molar-refractivity contribution in [2.75, 3.05) is 6.79 Å². The molecule has 37 heavy (non-hydrogen) atoms. The molecule has 1 aliphatic heterocycles. The van der Waals surface area contributed by atoms with Gasteiger partial charge in [-0.05, 0) is 60.7 Å². The van der Waals surface area contributed by atoms with Crippen LogP contribution in [0, 0.1) is 0 Å². The molecule has 7 heteroatoms. The van der Waals surface area contributed by atoms with Gasteiger partial charge in [-0.15, -0.1) is 0 Å². The molecule has 0 aromatic heterocycles. The lowest BCUT2D eigenvalue weighted by Gasteiger charge is -2.32. The molecule has 0 spiro atoms. The molecule has 3 aromatic carbocycles. The number of carbonyl (C=O) groups excluding carboxylic acids is 2. The summed E-state index contributed by atoms with van der Waals surface area (Å²) in [6.07, 6.45) is 2.07. The van der Waals surface area contributed by atoms with Crippen molar-refractivity contribution >= 4 is 27.7 Å². The average Bonchev–Trinajstić information content (AvgIpc) is 3.39. The number of halogens is 1. The minimum absolute atomic E-state index is 0.0176. The zero-order valence-corrected chi connectivity index (χ0v) is 22.9. The summed E-state index contributed by atoms with van der Waals surface area (Å²) in [6, 6.07) is 22.9. The van der Waals surface area contributed by atoms with Crippen LogP contribution in [0.25, 0.3) is 0 Å². The first-order chi connectivity index (χ1) is 17.9. The second-order valence-electron chi connectivity index (χ2n) is 9.36. The summed E-state index contributed by atoms with van der Waals surface area (Å²) in [7, 11) is 0. The fraction of sp³-hybridized carbons (Fsp3) is 0.333. The quantitative estimate of drug-likeness (QED) is 0.326. The average molecular weight is 566 g/mol. The van der Waals surface area contributed by atoms with E-state index in [-0.39, 0.29) is 31.1 Å². The maximum absolute atomic E-state index is 13.8. The Morgan fingerprint density at radius 2 is 1.65 bits per heavy atom. The molecule has 2 atom stereocenters. The fourth-order valence-electron chi connectivity index (χ4n) is 4.27. The van der Waals surface area contributed by atoms with Crippen LogP contribution in [0.1, 0.15) is 43.4 Å². The number of hydrogen-bond acceptors (Lipinski definition) is 4. The van der Waals surface area contributed by atoms with Crippen molar-refractivity contribution in [1.29, 1.82) is 0 Å². The molecule has 3 aromatic rings. The Kier molecular flexibility index (Phi) is 9.23. The number of ether oxygens (including phenoxy) is 2. The number of carbonyl (C=O) groups is 2. The van der Waals surface area contributed by atoms with Crippen molar-refractivity contribution in [3.05, 3.63) is 94.0 Å². The van der Waals surface area contributed by atoms with Gasteiger partial charge in [0, 0.05) is 29.9 Å². The van der Waals surface area contributed by atoms with Crippen molar-refractivity contribution in [2.24, 2.45) is 0 Å². The Morgan fingerprint density at radius 1 is 0.946 bits per heavy atom. The number of benzene rings is 3. The Morgan fingerprint density at radius 3 is 2.38 bits per heavy atom. The highest BCUT2D eigenvalue weighted by molar-refractivity contribution is 9.10. The summed E-state index contributed by atoms with van der Waals surface area (Å²) in [5.74, 6) is 1.22. The van der Waals surface area contributed by atoms with Crippen LogP contribution >= 0.6 is 15.9 Å². The second-order valence-corrected chi connectivity index (χ2v) is 10.3. The second kappa shape index (κ2) is 12.8. The third kappa shape index (κ3) is 7.35. The van der Waals surface area contributed by atoms with Crippen molar-refractivity contribution in [1.82, 2.24) is 10.2 Å². The van der Waals surface area contributed by atoms with Crippen LogP contribution in [0.15, 0.2) is 77.3 Å². The summed E-state index contributed by atoms with van der Waals surface area (Å²) >= 11 is 3.48. The van der Waals surface area contributed by atoms with Crippen LogP contribution in [-0.4, -0.2) is 35.6 Å². The zero-order chi connectivity index (χ0) is 26.2. The largest absolute Gasteiger partial charge is 0.454 e. The molecular weight excluding hydrogens is 532 g/mol. The van der Waals surface area contributed by atoms with E-state index in [1.54, 1.807) is 4.90 Å². The number of nitrogens with zero attached hydrogens (tertiary/aromatic N) is 1. The SMILES string of the molecule is CCC(C)NC(=O)C(Cc1ccccc1)N(Cc1ccc(Br)cc1)C(=O)CCc1ccc2c(c1)OCO2. The molecule has 4 rings (SSSR count). The predicted octanol–water partition coefficient (Wildman–Crippen LogP) is 5.67. The van der Waals surface area contributed by atoms with Crippen LogP contribution in [-0.2, 0) is 29.0 Å². The van der Waals surface area contributed by atoms with Crippen LogP contribution < -0.4 is 14.8 Å². The van der Waals surface area contributed by atoms with Crippen LogP contribution in [0.2, 0.25) is 0 Å². The van der Waals surface area contributed by atoms with Crippen molar-refractivity contribution in [3.8, 4) is 11.5 Å². The van der Waals surface area contributed by atoms with E-state index in [0.717, 1.165) is 33.3 Å². The zero-order valence-electron chi connectivity index (χ0n) is 21.3. The maximum Gasteiger partial charge on any atom is 0.243 e. The van der Waals surface area contributed by atoms with Crippen LogP contribution in [0.5, 0.6) is 11.5 Å². The van der Waals surface area contributed by atoms with E-state index in [9.17, 15) is 9.59 Å². The van der Waals surface area contributed by atoms with E-state index in [1.165, 1.54) is 0 Å². The molecule has 0 saturated carbocycles. The van der Waals surface area contributed by atoms with Gasteiger partial charge >= 0.3 is 0 Å². The van der Waals surface area contributed by atoms with Gasteiger partial charge in [-0.25, -0.2) is 0 Å². The number of nitrogens with one attached hydrogen (secondary N) is 1. The standard InChI is InChI=1S/C30H33BrN2O4/c1-3-21(2)32-30(35)26(17-22-7-5-4-6-8-22)33(19-24-9-13-25(31)14-10-24)29(34)16-12-23-11-15-27-28(18-23)37-20-36-27/h4-11,13-15,18,21,26H,3,12,16-17,19-20H2,1-2H3,(H,32,35). The number of hydrogen-bond donors (Lipinski definition) is 1. The van der Waals surface area contributed by atoms with E-state index >= 15 is 0 Å². The van der Waals surface area contributed by atoms with E-state index in [0.29, 0.717) is 25.1 Å². The summed E-state index contributed by atoms with van der Waals surface area (Å²) < 4.78 is 11.9. The normalized spacial score (nSPS) is 13.6. The smallest absolute Gasteiger partial charge is 0.243 e. The Hall–Kier alpha value is -3.32. The fourth-order valence-corrected chi connectivity index (χ4v) is 4.54. The van der Waals surface area contributed by atoms with E-state index in [4.69, 9.17) is 9.47 Å². The highest BCUT2D eigenvalue weighted by atomic mass is 79.9. The van der Waals surface area contributed by atoms with Crippen molar-refractivity contribution in [2.45, 2.75) is 58.2 Å². The summed E-state index contributed by atoms with van der Waals surface area (Å²) in [6.45, 7) is 4.58. The van der Waals surface area contributed by atoms with Gasteiger partial charge in [-0.3, -0.25) is 9.59 Å². The molecule has 2 amide bonds. The number of aryl methyl sites for hydroxylation is 1. The van der Waals surface area contributed by atoms with Gasteiger partial charge in [-0.2, -0.15) is 0 Å². The highest BCUT2D eigenvalue weighted by Crippen LogP contribution is 2.33. The lowest BCUT2D eigenvalue weighted by Crippen LogP contribution is -2.52. The molecular formula is C30H33BrN2O4. The van der Waals surface area contributed by atoms with E-state index in [1.807, 2.05) is 86.6 Å².